The number of rotatable bonds is 8. The molecular formula is C23H29FN2O4. The van der Waals surface area contributed by atoms with Gasteiger partial charge in [0.15, 0.2) is 18.2 Å². The third-order valence-corrected chi connectivity index (χ3v) is 4.55. The number of carbonyl (C=O) groups excluding carboxylic acids is 2. The Hall–Kier alpha value is -3.09. The van der Waals surface area contributed by atoms with Crippen molar-refractivity contribution in [3.05, 3.63) is 59.9 Å². The second-order valence-electron chi connectivity index (χ2n) is 8.24. The largest absolute Gasteiger partial charge is 0.488 e. The van der Waals surface area contributed by atoms with Gasteiger partial charge < -0.3 is 19.7 Å². The van der Waals surface area contributed by atoms with Crippen LogP contribution in [0.15, 0.2) is 48.5 Å². The Bertz CT molecular complexity index is 878. The number of benzene rings is 2. The summed E-state index contributed by atoms with van der Waals surface area (Å²) in [4.78, 5) is 25.9. The Labute approximate surface area is 177 Å². The number of para-hydroxylation sites is 1. The number of amides is 2. The fourth-order valence-corrected chi connectivity index (χ4v) is 2.49. The lowest BCUT2D eigenvalue weighted by atomic mass is 9.87. The normalized spacial score (nSPS) is 12.1. The number of hydrogen-bond donors (Lipinski definition) is 1. The summed E-state index contributed by atoms with van der Waals surface area (Å²) in [5.74, 6) is -0.372. The molecule has 6 nitrogen and oxygen atoms in total. The molecule has 0 saturated heterocycles. The van der Waals surface area contributed by atoms with Gasteiger partial charge in [0.1, 0.15) is 12.4 Å². The lowest BCUT2D eigenvalue weighted by Gasteiger charge is -2.31. The van der Waals surface area contributed by atoms with Crippen LogP contribution < -0.4 is 14.8 Å². The summed E-state index contributed by atoms with van der Waals surface area (Å²) >= 11 is 0. The molecule has 30 heavy (non-hydrogen) atoms. The topological polar surface area (TPSA) is 67.9 Å². The van der Waals surface area contributed by atoms with Crippen LogP contribution >= 0.6 is 0 Å². The first-order chi connectivity index (χ1) is 14.1. The van der Waals surface area contributed by atoms with E-state index in [1.165, 1.54) is 11.0 Å². The fraction of sp³-hybridized carbons (Fsp3) is 0.391. The summed E-state index contributed by atoms with van der Waals surface area (Å²) in [6, 6.07) is 12.4. The summed E-state index contributed by atoms with van der Waals surface area (Å²) in [6.45, 7) is 5.90. The van der Waals surface area contributed by atoms with Crippen molar-refractivity contribution in [1.82, 2.24) is 10.2 Å². The van der Waals surface area contributed by atoms with Crippen molar-refractivity contribution in [3.8, 4) is 11.5 Å². The van der Waals surface area contributed by atoms with E-state index in [9.17, 15) is 14.0 Å². The van der Waals surface area contributed by atoms with Gasteiger partial charge in [-0.1, -0.05) is 39.0 Å². The molecule has 0 heterocycles. The molecule has 0 saturated carbocycles. The first-order valence-corrected chi connectivity index (χ1v) is 9.69. The van der Waals surface area contributed by atoms with E-state index >= 15 is 0 Å². The van der Waals surface area contributed by atoms with Gasteiger partial charge in [-0.15, -0.1) is 0 Å². The van der Waals surface area contributed by atoms with Crippen LogP contribution in [0.1, 0.15) is 31.1 Å². The van der Waals surface area contributed by atoms with Gasteiger partial charge in [-0.3, -0.25) is 9.59 Å². The van der Waals surface area contributed by atoms with Crippen LogP contribution in [-0.2, 0) is 4.79 Å². The van der Waals surface area contributed by atoms with Gasteiger partial charge in [-0.2, -0.15) is 0 Å². The highest BCUT2D eigenvalue weighted by Gasteiger charge is 2.28. The smallest absolute Gasteiger partial charge is 0.259 e. The Morgan fingerprint density at radius 2 is 1.77 bits per heavy atom. The van der Waals surface area contributed by atoms with E-state index in [0.29, 0.717) is 11.3 Å². The lowest BCUT2D eigenvalue weighted by molar-refractivity contribution is -0.130. The molecule has 0 fully saturated rings. The number of ether oxygens (including phenoxy) is 2. The van der Waals surface area contributed by atoms with E-state index < -0.39 is 5.82 Å². The summed E-state index contributed by atoms with van der Waals surface area (Å²) < 4.78 is 24.9. The van der Waals surface area contributed by atoms with E-state index in [2.05, 4.69) is 5.32 Å². The monoisotopic (exact) mass is 416 g/mol. The maximum atomic E-state index is 13.8. The number of carbonyl (C=O) groups is 2. The molecule has 0 spiro atoms. The second-order valence-corrected chi connectivity index (χ2v) is 8.24. The highest BCUT2D eigenvalue weighted by Crippen LogP contribution is 2.23. The Morgan fingerprint density at radius 3 is 2.40 bits per heavy atom. The molecule has 2 aromatic rings. The molecule has 2 rings (SSSR count). The highest BCUT2D eigenvalue weighted by atomic mass is 19.1. The summed E-state index contributed by atoms with van der Waals surface area (Å²) in [5.41, 5.74) is 0.0672. The molecule has 0 aliphatic rings. The Morgan fingerprint density at radius 1 is 1.07 bits per heavy atom. The number of nitrogens with zero attached hydrogens (tertiary/aromatic N) is 1. The van der Waals surface area contributed by atoms with Gasteiger partial charge >= 0.3 is 0 Å². The van der Waals surface area contributed by atoms with Crippen molar-refractivity contribution in [3.63, 3.8) is 0 Å². The lowest BCUT2D eigenvalue weighted by Crippen LogP contribution is -2.47. The van der Waals surface area contributed by atoms with E-state index in [0.717, 1.165) is 0 Å². The first-order valence-electron chi connectivity index (χ1n) is 9.69. The zero-order valence-corrected chi connectivity index (χ0v) is 18.1. The molecule has 0 aromatic heterocycles. The molecule has 0 aliphatic heterocycles. The quantitative estimate of drug-likeness (QED) is 0.715. The van der Waals surface area contributed by atoms with Gasteiger partial charge in [0, 0.05) is 19.7 Å². The predicted octanol–water partition coefficient (Wildman–Crippen LogP) is 3.52. The standard InChI is InChI=1S/C23H29FN2O4/c1-23(2,3)20(14-30-19-12-7-6-11-18(19)24)25-22(28)16-9-8-10-17(13-16)29-15-21(27)26(4)5/h6-13,20H,14-15H2,1-5H3,(H,25,28). The van der Waals surface area contributed by atoms with Crippen LogP contribution in [-0.4, -0.2) is 50.1 Å². The maximum absolute atomic E-state index is 13.8. The number of nitrogens with one attached hydrogen (secondary N) is 1. The van der Waals surface area contributed by atoms with Gasteiger partial charge in [-0.25, -0.2) is 4.39 Å². The van der Waals surface area contributed by atoms with E-state index in [4.69, 9.17) is 9.47 Å². The predicted molar refractivity (Wildman–Crippen MR) is 113 cm³/mol. The highest BCUT2D eigenvalue weighted by molar-refractivity contribution is 5.94. The molecule has 7 heteroatoms. The van der Waals surface area contributed by atoms with Crippen LogP contribution in [0.2, 0.25) is 0 Å². The van der Waals surface area contributed by atoms with Crippen molar-refractivity contribution < 1.29 is 23.5 Å². The zero-order chi connectivity index (χ0) is 22.3. The third kappa shape index (κ3) is 6.76. The van der Waals surface area contributed by atoms with Crippen LogP contribution in [0.3, 0.4) is 0 Å². The average Bonchev–Trinajstić information content (AvgIpc) is 2.69. The van der Waals surface area contributed by atoms with Gasteiger partial charge in [-0.05, 0) is 35.7 Å². The molecule has 2 amide bonds. The number of likely N-dealkylation sites (N-methyl/N-ethyl adjacent to an activating group) is 1. The summed E-state index contributed by atoms with van der Waals surface area (Å²) in [5, 5.41) is 2.96. The second kappa shape index (κ2) is 10.1. The minimum atomic E-state index is -0.450. The Kier molecular flexibility index (Phi) is 7.80. The number of halogens is 1. The minimum Gasteiger partial charge on any atom is -0.488 e. The number of hydrogen-bond acceptors (Lipinski definition) is 4. The molecule has 2 aromatic carbocycles. The zero-order valence-electron chi connectivity index (χ0n) is 18.1. The first kappa shape index (κ1) is 23.2. The molecule has 1 atom stereocenters. The van der Waals surface area contributed by atoms with Gasteiger partial charge in [0.2, 0.25) is 0 Å². The molecule has 0 radical (unpaired) electrons. The van der Waals surface area contributed by atoms with E-state index in [-0.39, 0.29) is 42.2 Å². The average molecular weight is 416 g/mol. The summed E-state index contributed by atoms with van der Waals surface area (Å²) in [7, 11) is 3.29. The van der Waals surface area contributed by atoms with Gasteiger partial charge in [0.05, 0.1) is 6.04 Å². The van der Waals surface area contributed by atoms with Crippen molar-refractivity contribution in [2.75, 3.05) is 27.3 Å². The summed E-state index contributed by atoms with van der Waals surface area (Å²) in [6.07, 6.45) is 0. The minimum absolute atomic E-state index is 0.112. The van der Waals surface area contributed by atoms with Crippen LogP contribution in [0.4, 0.5) is 4.39 Å². The fourth-order valence-electron chi connectivity index (χ4n) is 2.49. The SMILES string of the molecule is CN(C)C(=O)COc1cccc(C(=O)NC(COc2ccccc2F)C(C)(C)C)c1. The van der Waals surface area contributed by atoms with Crippen LogP contribution in [0, 0.1) is 11.2 Å². The molecule has 1 unspecified atom stereocenters. The van der Waals surface area contributed by atoms with Gasteiger partial charge in [0.25, 0.3) is 11.8 Å². The van der Waals surface area contributed by atoms with Crippen molar-refractivity contribution in [1.29, 1.82) is 0 Å². The molecular weight excluding hydrogens is 387 g/mol. The van der Waals surface area contributed by atoms with E-state index in [1.54, 1.807) is 56.6 Å². The van der Waals surface area contributed by atoms with Crippen molar-refractivity contribution in [2.24, 2.45) is 5.41 Å². The molecule has 0 aliphatic carbocycles. The van der Waals surface area contributed by atoms with Crippen molar-refractivity contribution >= 4 is 11.8 Å². The molecule has 0 bridgehead atoms. The maximum Gasteiger partial charge on any atom is 0.259 e. The third-order valence-electron chi connectivity index (χ3n) is 4.55. The van der Waals surface area contributed by atoms with E-state index in [1.807, 2.05) is 20.8 Å². The van der Waals surface area contributed by atoms with Crippen LogP contribution in [0.25, 0.3) is 0 Å². The molecule has 1 N–H and O–H groups in total. The van der Waals surface area contributed by atoms with Crippen molar-refractivity contribution in [2.45, 2.75) is 26.8 Å². The van der Waals surface area contributed by atoms with Crippen LogP contribution in [0.5, 0.6) is 11.5 Å². The molecule has 162 valence electrons. The Balaban J connectivity index is 2.05.